The van der Waals surface area contributed by atoms with E-state index in [1.165, 1.54) is 0 Å². The van der Waals surface area contributed by atoms with Gasteiger partial charge in [0.15, 0.2) is 0 Å². The molecule has 0 aliphatic carbocycles. The van der Waals surface area contributed by atoms with Crippen LogP contribution < -0.4 is 4.46 Å². The molecule has 27 heavy (non-hydrogen) atoms. The van der Waals surface area contributed by atoms with Crippen molar-refractivity contribution in [1.82, 2.24) is 0 Å². The van der Waals surface area contributed by atoms with Crippen LogP contribution in [0.3, 0.4) is 0 Å². The van der Waals surface area contributed by atoms with Gasteiger partial charge in [-0.3, -0.25) is 0 Å². The third kappa shape index (κ3) is 4.03. The van der Waals surface area contributed by atoms with Gasteiger partial charge in [-0.25, -0.2) is 0 Å². The van der Waals surface area contributed by atoms with Crippen LogP contribution in [0, 0.1) is 0 Å². The van der Waals surface area contributed by atoms with Crippen LogP contribution in [0.5, 0.6) is 0 Å². The van der Waals surface area contributed by atoms with Gasteiger partial charge in [0.1, 0.15) is 0 Å². The maximum absolute atomic E-state index is 10.9. The Hall–Kier alpha value is -1.89. The number of hydrogen-bond donors (Lipinski definition) is 1. The van der Waals surface area contributed by atoms with E-state index < -0.39 is 30.6 Å². The van der Waals surface area contributed by atoms with Crippen LogP contribution in [0.15, 0.2) is 65.8 Å². The van der Waals surface area contributed by atoms with Gasteiger partial charge in [-0.05, 0) is 0 Å². The Morgan fingerprint density at radius 2 is 1.74 bits per heavy atom. The van der Waals surface area contributed by atoms with Crippen molar-refractivity contribution in [3.63, 3.8) is 0 Å². The Labute approximate surface area is 163 Å². The van der Waals surface area contributed by atoms with Gasteiger partial charge >= 0.3 is 163 Å². The molecule has 0 saturated carbocycles. The van der Waals surface area contributed by atoms with Crippen molar-refractivity contribution in [3.05, 3.63) is 76.7 Å². The first kappa shape index (κ1) is 18.5. The first-order valence-electron chi connectivity index (χ1n) is 8.68. The molecule has 0 amide bonds. The summed E-state index contributed by atoms with van der Waals surface area (Å²) in [6.45, 7) is 0.311. The van der Waals surface area contributed by atoms with Crippen LogP contribution in [0.1, 0.15) is 11.9 Å². The summed E-state index contributed by atoms with van der Waals surface area (Å²) < 4.78 is 19.1. The number of rotatable bonds is 4. The molecule has 8 heteroatoms. The van der Waals surface area contributed by atoms with Crippen LogP contribution in [0.4, 0.5) is 0 Å². The fourth-order valence-corrected chi connectivity index (χ4v) is 5.65. The molecule has 0 bridgehead atoms. The van der Waals surface area contributed by atoms with Crippen LogP contribution in [-0.2, 0) is 14.2 Å². The van der Waals surface area contributed by atoms with E-state index >= 15 is 0 Å². The molecule has 2 aliphatic rings. The minimum absolute atomic E-state index is 0.123. The molecule has 2 aliphatic heterocycles. The van der Waals surface area contributed by atoms with Crippen LogP contribution >= 0.6 is 0 Å². The summed E-state index contributed by atoms with van der Waals surface area (Å²) in [7, 11) is 0. The van der Waals surface area contributed by atoms with Crippen LogP contribution in [0.25, 0.3) is 10.4 Å². The average molecular weight is 432 g/mol. The van der Waals surface area contributed by atoms with Crippen molar-refractivity contribution >= 4 is 19.4 Å². The van der Waals surface area contributed by atoms with Gasteiger partial charge in [-0.1, -0.05) is 0 Å². The van der Waals surface area contributed by atoms with Crippen molar-refractivity contribution in [3.8, 4) is 0 Å². The molecule has 7 nitrogen and oxygen atoms in total. The minimum atomic E-state index is -0.953. The second-order valence-corrected chi connectivity index (χ2v) is 8.79. The Kier molecular flexibility index (Phi) is 5.76. The van der Waals surface area contributed by atoms with Crippen molar-refractivity contribution in [2.45, 2.75) is 35.6 Å². The van der Waals surface area contributed by atoms with E-state index in [2.05, 4.69) is 10.0 Å². The number of benzene rings is 2. The van der Waals surface area contributed by atoms with Gasteiger partial charge in [-0.15, -0.1) is 0 Å². The summed E-state index contributed by atoms with van der Waals surface area (Å²) in [5.41, 5.74) is 9.85. The second kappa shape index (κ2) is 8.42. The zero-order chi connectivity index (χ0) is 18.6. The Morgan fingerprint density at radius 1 is 1.04 bits per heavy atom. The van der Waals surface area contributed by atoms with Gasteiger partial charge in [0, 0.05) is 0 Å². The number of aliphatic hydroxyl groups is 1. The van der Waals surface area contributed by atoms with Gasteiger partial charge in [0.25, 0.3) is 0 Å². The number of aliphatic hydroxyl groups excluding tert-OH is 1. The molecule has 140 valence electrons. The van der Waals surface area contributed by atoms with Crippen molar-refractivity contribution in [2.24, 2.45) is 5.11 Å². The predicted octanol–water partition coefficient (Wildman–Crippen LogP) is 1.90. The number of hydrogen-bond acceptors (Lipinski definition) is 5. The van der Waals surface area contributed by atoms with E-state index in [1.807, 2.05) is 60.7 Å². The molecule has 0 spiro atoms. The SMILES string of the molecule is [N-]=[N+]=N[C@@H]1[C@@H](O)[C@H]2O[C@@H](c3ccccc3)OC[C@H]2O[C@@H]1[Se]c1ccccc1. The standard InChI is InChI=1S/C19H19N3O4Se/c20-22-21-15-16(23)17-14(25-19(15)27-13-9-5-2-6-10-13)11-24-18(26-17)12-7-3-1-4-8-12/h1-10,14-19,23H,11H2/t14-,15-,16-,17+,18+,19-/m1/s1. The molecular weight excluding hydrogens is 413 g/mol. The van der Waals surface area contributed by atoms with Gasteiger partial charge < -0.3 is 0 Å². The first-order valence-corrected chi connectivity index (χ1v) is 10.5. The number of nitrogens with zero attached hydrogens (tertiary/aromatic N) is 3. The zero-order valence-electron chi connectivity index (χ0n) is 14.4. The van der Waals surface area contributed by atoms with Gasteiger partial charge in [-0.2, -0.15) is 0 Å². The molecule has 2 heterocycles. The van der Waals surface area contributed by atoms with Crippen LogP contribution in [0.2, 0.25) is 0 Å². The second-order valence-electron chi connectivity index (χ2n) is 6.34. The summed E-state index contributed by atoms with van der Waals surface area (Å²) in [6, 6.07) is 18.7. The first-order chi connectivity index (χ1) is 13.3. The molecule has 4 rings (SSSR count). The van der Waals surface area contributed by atoms with Gasteiger partial charge in [0.2, 0.25) is 0 Å². The van der Waals surface area contributed by atoms with Crippen molar-refractivity contribution in [2.75, 3.05) is 6.61 Å². The molecule has 2 aromatic rings. The molecule has 1 N–H and O–H groups in total. The van der Waals surface area contributed by atoms with Gasteiger partial charge in [0.05, 0.1) is 0 Å². The summed E-state index contributed by atoms with van der Waals surface area (Å²) in [4.78, 5) is 2.92. The van der Waals surface area contributed by atoms with Crippen LogP contribution in [-0.4, -0.2) is 56.0 Å². The molecular formula is C19H19N3O4Se. The zero-order valence-corrected chi connectivity index (χ0v) is 16.1. The van der Waals surface area contributed by atoms with Crippen molar-refractivity contribution in [1.29, 1.82) is 0 Å². The summed E-state index contributed by atoms with van der Waals surface area (Å²) in [5, 5.41) is 14.3. The average Bonchev–Trinajstić information content (AvgIpc) is 2.72. The van der Waals surface area contributed by atoms with E-state index in [0.29, 0.717) is 6.61 Å². The molecule has 0 radical (unpaired) electrons. The fourth-order valence-electron chi connectivity index (χ4n) is 3.27. The predicted molar refractivity (Wildman–Crippen MR) is 99.4 cm³/mol. The number of ether oxygens (including phenoxy) is 3. The molecule has 6 atom stereocenters. The Bertz CT molecular complexity index is 803. The molecule has 0 unspecified atom stereocenters. The Balaban J connectivity index is 1.53. The van der Waals surface area contributed by atoms with E-state index in [1.54, 1.807) is 0 Å². The van der Waals surface area contributed by atoms with E-state index in [9.17, 15) is 5.11 Å². The molecule has 2 saturated heterocycles. The number of fused-ring (bicyclic) bond motifs is 1. The summed E-state index contributed by atoms with van der Waals surface area (Å²) >= 11 is -0.123. The molecule has 2 fully saturated rings. The Morgan fingerprint density at radius 3 is 2.44 bits per heavy atom. The maximum atomic E-state index is 10.9. The summed E-state index contributed by atoms with van der Waals surface area (Å²) in [6.07, 6.45) is -2.54. The normalized spacial score (nSPS) is 32.9. The third-order valence-electron chi connectivity index (χ3n) is 4.59. The van der Waals surface area contributed by atoms with E-state index in [0.717, 1.165) is 10.0 Å². The monoisotopic (exact) mass is 433 g/mol. The molecule has 2 aromatic carbocycles. The summed E-state index contributed by atoms with van der Waals surface area (Å²) in [5.74, 6) is 0. The fraction of sp³-hybridized carbons (Fsp3) is 0.368. The van der Waals surface area contributed by atoms with E-state index in [-0.39, 0.29) is 20.0 Å². The van der Waals surface area contributed by atoms with E-state index in [4.69, 9.17) is 19.7 Å². The third-order valence-corrected chi connectivity index (χ3v) is 7.03. The topological polar surface area (TPSA) is 96.7 Å². The number of azide groups is 1. The van der Waals surface area contributed by atoms with Crippen molar-refractivity contribution < 1.29 is 19.3 Å². The quantitative estimate of drug-likeness (QED) is 0.346. The molecule has 0 aromatic heterocycles.